The van der Waals surface area contributed by atoms with Gasteiger partial charge in [-0.15, -0.1) is 0 Å². The Morgan fingerprint density at radius 3 is 2.58 bits per heavy atom. The summed E-state index contributed by atoms with van der Waals surface area (Å²) >= 11 is 17.3. The Morgan fingerprint density at radius 1 is 1.21 bits per heavy atom. The molecule has 0 bridgehead atoms. The van der Waals surface area contributed by atoms with E-state index in [0.717, 1.165) is 26.2 Å². The summed E-state index contributed by atoms with van der Waals surface area (Å²) in [6.45, 7) is 3.91. The van der Waals surface area contributed by atoms with Crippen LogP contribution in [0.4, 0.5) is 5.69 Å². The van der Waals surface area contributed by atoms with Gasteiger partial charge in [-0.05, 0) is 31.4 Å². The van der Waals surface area contributed by atoms with Gasteiger partial charge in [-0.2, -0.15) is 0 Å². The Labute approximate surface area is 128 Å². The fourth-order valence-electron chi connectivity index (χ4n) is 1.81. The molecule has 19 heavy (non-hydrogen) atoms. The number of thiocarbonyl (C=S) groups is 1. The van der Waals surface area contributed by atoms with Crippen LogP contribution in [0, 0.1) is 0 Å². The van der Waals surface area contributed by atoms with Crippen LogP contribution in [0.25, 0.3) is 0 Å². The van der Waals surface area contributed by atoms with Crippen molar-refractivity contribution in [3.63, 3.8) is 0 Å². The maximum absolute atomic E-state index is 6.10. The van der Waals surface area contributed by atoms with Gasteiger partial charge in [-0.25, -0.2) is 5.01 Å². The molecule has 4 nitrogen and oxygen atoms in total. The number of likely N-dealkylation sites (N-methyl/N-ethyl adjacent to an activating group) is 1. The summed E-state index contributed by atoms with van der Waals surface area (Å²) in [4.78, 5) is 2.28. The number of nitrogens with one attached hydrogen (secondary N) is 2. The molecule has 0 amide bonds. The molecule has 2 rings (SSSR count). The Balaban J connectivity index is 1.89. The number of hydrogen-bond donors (Lipinski definition) is 2. The zero-order chi connectivity index (χ0) is 13.8. The van der Waals surface area contributed by atoms with E-state index in [9.17, 15) is 0 Å². The minimum Gasteiger partial charge on any atom is -0.330 e. The van der Waals surface area contributed by atoms with E-state index in [4.69, 9.17) is 35.4 Å². The van der Waals surface area contributed by atoms with Crippen molar-refractivity contribution in [2.24, 2.45) is 0 Å². The van der Waals surface area contributed by atoms with Crippen molar-refractivity contribution in [1.82, 2.24) is 15.3 Å². The Hall–Kier alpha value is -0.590. The minimum atomic E-state index is 0.478. The van der Waals surface area contributed by atoms with E-state index < -0.39 is 0 Å². The zero-order valence-corrected chi connectivity index (χ0v) is 12.9. The molecule has 1 saturated heterocycles. The topological polar surface area (TPSA) is 30.5 Å². The van der Waals surface area contributed by atoms with Crippen molar-refractivity contribution in [2.75, 3.05) is 38.5 Å². The first-order chi connectivity index (χ1) is 9.06. The van der Waals surface area contributed by atoms with E-state index in [1.807, 2.05) is 12.1 Å². The van der Waals surface area contributed by atoms with Crippen LogP contribution >= 0.6 is 35.4 Å². The summed E-state index contributed by atoms with van der Waals surface area (Å²) in [7, 11) is 2.11. The van der Waals surface area contributed by atoms with Gasteiger partial charge in [0.1, 0.15) is 0 Å². The van der Waals surface area contributed by atoms with E-state index in [-0.39, 0.29) is 0 Å². The quantitative estimate of drug-likeness (QED) is 0.818. The molecule has 0 saturated carbocycles. The predicted molar refractivity (Wildman–Crippen MR) is 84.9 cm³/mol. The smallest absolute Gasteiger partial charge is 0.185 e. The average molecular weight is 319 g/mol. The van der Waals surface area contributed by atoms with Gasteiger partial charge in [0, 0.05) is 26.2 Å². The van der Waals surface area contributed by atoms with Crippen LogP contribution in [0.15, 0.2) is 18.2 Å². The second-order valence-electron chi connectivity index (χ2n) is 4.46. The van der Waals surface area contributed by atoms with Crippen LogP contribution in [0.5, 0.6) is 0 Å². The SMILES string of the molecule is CN1CCN(NC(=S)Nc2cccc(Cl)c2Cl)CC1. The molecule has 0 radical (unpaired) electrons. The number of piperazine rings is 1. The summed E-state index contributed by atoms with van der Waals surface area (Å²) in [5.74, 6) is 0. The molecule has 1 aromatic carbocycles. The van der Waals surface area contributed by atoms with Gasteiger partial charge in [0.15, 0.2) is 5.11 Å². The van der Waals surface area contributed by atoms with Crippen molar-refractivity contribution < 1.29 is 0 Å². The number of benzene rings is 1. The van der Waals surface area contributed by atoms with Crippen LogP contribution < -0.4 is 10.7 Å². The van der Waals surface area contributed by atoms with Crippen LogP contribution in [0.1, 0.15) is 0 Å². The minimum absolute atomic E-state index is 0.478. The summed E-state index contributed by atoms with van der Waals surface area (Å²) in [6.07, 6.45) is 0. The molecule has 1 aliphatic heterocycles. The molecule has 1 fully saturated rings. The van der Waals surface area contributed by atoms with Crippen molar-refractivity contribution in [3.8, 4) is 0 Å². The van der Waals surface area contributed by atoms with E-state index >= 15 is 0 Å². The van der Waals surface area contributed by atoms with Gasteiger partial charge < -0.3 is 10.2 Å². The van der Waals surface area contributed by atoms with E-state index in [1.165, 1.54) is 0 Å². The summed E-state index contributed by atoms with van der Waals surface area (Å²) < 4.78 is 0. The fourth-order valence-corrected chi connectivity index (χ4v) is 2.40. The number of nitrogens with zero attached hydrogens (tertiary/aromatic N) is 2. The fraction of sp³-hybridized carbons (Fsp3) is 0.417. The number of halogens is 2. The van der Waals surface area contributed by atoms with Gasteiger partial charge in [0.25, 0.3) is 0 Å². The third-order valence-electron chi connectivity index (χ3n) is 2.96. The maximum Gasteiger partial charge on any atom is 0.185 e. The molecule has 2 N–H and O–H groups in total. The zero-order valence-electron chi connectivity index (χ0n) is 10.6. The first-order valence-corrected chi connectivity index (χ1v) is 7.18. The van der Waals surface area contributed by atoms with E-state index in [1.54, 1.807) is 6.07 Å². The second-order valence-corrected chi connectivity index (χ2v) is 5.65. The summed E-state index contributed by atoms with van der Waals surface area (Å²) in [5.41, 5.74) is 3.87. The first-order valence-electron chi connectivity index (χ1n) is 6.01. The first kappa shape index (κ1) is 14.8. The molecule has 7 heteroatoms. The highest BCUT2D eigenvalue weighted by Gasteiger charge is 2.14. The van der Waals surface area contributed by atoms with E-state index in [2.05, 4.69) is 27.7 Å². The van der Waals surface area contributed by atoms with Gasteiger partial charge in [-0.1, -0.05) is 29.3 Å². The molecule has 1 heterocycles. The molecule has 1 aliphatic rings. The maximum atomic E-state index is 6.10. The number of anilines is 1. The highest BCUT2D eigenvalue weighted by molar-refractivity contribution is 7.80. The number of hydrogen-bond acceptors (Lipinski definition) is 3. The lowest BCUT2D eigenvalue weighted by Crippen LogP contribution is -2.53. The van der Waals surface area contributed by atoms with Crippen LogP contribution in [0.2, 0.25) is 10.0 Å². The monoisotopic (exact) mass is 318 g/mol. The lowest BCUT2D eigenvalue weighted by Gasteiger charge is -2.33. The third-order valence-corrected chi connectivity index (χ3v) is 3.97. The number of hydrazine groups is 1. The Bertz CT molecular complexity index is 461. The largest absolute Gasteiger partial charge is 0.330 e. The Morgan fingerprint density at radius 2 is 1.89 bits per heavy atom. The Kier molecular flexibility index (Phi) is 5.24. The van der Waals surface area contributed by atoms with Gasteiger partial charge in [-0.3, -0.25) is 5.43 Å². The highest BCUT2D eigenvalue weighted by Crippen LogP contribution is 2.29. The molecule has 0 spiro atoms. The predicted octanol–water partition coefficient (Wildman–Crippen LogP) is 2.44. The lowest BCUT2D eigenvalue weighted by molar-refractivity contribution is 0.131. The van der Waals surface area contributed by atoms with E-state index in [0.29, 0.717) is 20.8 Å². The molecule has 0 atom stereocenters. The summed E-state index contributed by atoms with van der Waals surface area (Å²) in [6, 6.07) is 5.41. The molecular formula is C12H16Cl2N4S. The average Bonchev–Trinajstić information content (AvgIpc) is 2.38. The van der Waals surface area contributed by atoms with Crippen LogP contribution in [-0.2, 0) is 0 Å². The second kappa shape index (κ2) is 6.72. The third kappa shape index (κ3) is 4.19. The molecule has 0 unspecified atom stereocenters. The van der Waals surface area contributed by atoms with Gasteiger partial charge in [0.2, 0.25) is 0 Å². The van der Waals surface area contributed by atoms with Gasteiger partial charge in [0.05, 0.1) is 15.7 Å². The lowest BCUT2D eigenvalue weighted by atomic mass is 10.3. The standard InChI is InChI=1S/C12H16Cl2N4S/c1-17-5-7-18(8-6-17)16-12(19)15-10-4-2-3-9(13)11(10)14/h2-4H,5-8H2,1H3,(H2,15,16,19). The van der Waals surface area contributed by atoms with Crippen LogP contribution in [-0.4, -0.2) is 48.2 Å². The van der Waals surface area contributed by atoms with Gasteiger partial charge >= 0.3 is 0 Å². The molecule has 104 valence electrons. The number of rotatable bonds is 2. The summed E-state index contributed by atoms with van der Waals surface area (Å²) in [5, 5.41) is 6.66. The molecule has 1 aromatic rings. The molecule has 0 aromatic heterocycles. The van der Waals surface area contributed by atoms with Crippen molar-refractivity contribution in [2.45, 2.75) is 0 Å². The van der Waals surface area contributed by atoms with Crippen LogP contribution in [0.3, 0.4) is 0 Å². The normalized spacial score (nSPS) is 17.2. The molecule has 0 aliphatic carbocycles. The molecular weight excluding hydrogens is 303 g/mol. The van der Waals surface area contributed by atoms with Crippen molar-refractivity contribution in [1.29, 1.82) is 0 Å². The van der Waals surface area contributed by atoms with Crippen molar-refractivity contribution in [3.05, 3.63) is 28.2 Å². The highest BCUT2D eigenvalue weighted by atomic mass is 35.5. The van der Waals surface area contributed by atoms with Crippen molar-refractivity contribution >= 4 is 46.2 Å².